The molecular formula is C28H40O2. The average molecular weight is 409 g/mol. The van der Waals surface area contributed by atoms with E-state index in [1.54, 1.807) is 6.08 Å². The molecule has 30 heavy (non-hydrogen) atoms. The van der Waals surface area contributed by atoms with Gasteiger partial charge in [0.25, 0.3) is 0 Å². The second-order valence-corrected chi connectivity index (χ2v) is 5.81. The molecule has 0 aromatic heterocycles. The molecule has 0 unspecified atom stereocenters. The standard InChI is InChI=1S/C22H22O2.3C2H6/c1-5-9-16-12-18-13-17-11-15(7-3)19(8-4)23-21(17)14-22(18)24-20(16)10-6-2;3*1-2/h5-10,13-14H,3-4,11-12H2,1-2H3;3*1-2H3/b9-5-,10-6-;;;. The first-order valence-corrected chi connectivity index (χ1v) is 11.2. The predicted molar refractivity (Wildman–Crippen MR) is 133 cm³/mol. The SMILES string of the molecule is C=CC1=C(C=C)Oc2cc3c(cc2C1)CC(/C=C\C)=C(/C=C\C)O3.CC.CC.CC. The number of ether oxygens (including phenoxy) is 2. The van der Waals surface area contributed by atoms with Gasteiger partial charge in [0.1, 0.15) is 23.0 Å². The van der Waals surface area contributed by atoms with Crippen molar-refractivity contribution in [3.8, 4) is 11.5 Å². The summed E-state index contributed by atoms with van der Waals surface area (Å²) in [6, 6.07) is 4.17. The first kappa shape index (κ1) is 27.3. The molecule has 2 heterocycles. The van der Waals surface area contributed by atoms with Crippen molar-refractivity contribution in [3.05, 3.63) is 95.5 Å². The lowest BCUT2D eigenvalue weighted by Gasteiger charge is -2.26. The van der Waals surface area contributed by atoms with Gasteiger partial charge in [0, 0.05) is 18.9 Å². The molecule has 2 heteroatoms. The Morgan fingerprint density at radius 1 is 0.667 bits per heavy atom. The number of rotatable bonds is 4. The smallest absolute Gasteiger partial charge is 0.134 e. The van der Waals surface area contributed by atoms with Gasteiger partial charge in [0.05, 0.1) is 0 Å². The van der Waals surface area contributed by atoms with Crippen LogP contribution in [0.15, 0.2) is 84.4 Å². The Morgan fingerprint density at radius 2 is 1.17 bits per heavy atom. The summed E-state index contributed by atoms with van der Waals surface area (Å²) in [5.74, 6) is 3.36. The van der Waals surface area contributed by atoms with Gasteiger partial charge in [-0.15, -0.1) is 0 Å². The zero-order chi connectivity index (χ0) is 23.1. The van der Waals surface area contributed by atoms with Crippen molar-refractivity contribution in [2.75, 3.05) is 0 Å². The van der Waals surface area contributed by atoms with Gasteiger partial charge < -0.3 is 9.47 Å². The van der Waals surface area contributed by atoms with Crippen LogP contribution in [0.3, 0.4) is 0 Å². The van der Waals surface area contributed by atoms with Gasteiger partial charge >= 0.3 is 0 Å². The Labute approximate surface area is 185 Å². The van der Waals surface area contributed by atoms with Gasteiger partial charge in [-0.3, -0.25) is 0 Å². The molecule has 0 N–H and O–H groups in total. The maximum absolute atomic E-state index is 6.13. The van der Waals surface area contributed by atoms with Crippen LogP contribution in [-0.4, -0.2) is 0 Å². The average Bonchev–Trinajstić information content (AvgIpc) is 2.81. The van der Waals surface area contributed by atoms with Gasteiger partial charge in [-0.25, -0.2) is 0 Å². The molecular weight excluding hydrogens is 368 g/mol. The van der Waals surface area contributed by atoms with Gasteiger partial charge in [-0.1, -0.05) is 79.0 Å². The second kappa shape index (κ2) is 15.1. The second-order valence-electron chi connectivity index (χ2n) is 5.81. The number of fused-ring (bicyclic) bond motifs is 2. The van der Waals surface area contributed by atoms with Crippen molar-refractivity contribution < 1.29 is 9.47 Å². The first-order valence-electron chi connectivity index (χ1n) is 11.2. The molecule has 2 aliphatic heterocycles. The topological polar surface area (TPSA) is 18.5 Å². The van der Waals surface area contributed by atoms with Crippen LogP contribution in [-0.2, 0) is 12.8 Å². The lowest BCUT2D eigenvalue weighted by atomic mass is 9.93. The minimum absolute atomic E-state index is 0.770. The van der Waals surface area contributed by atoms with Crippen molar-refractivity contribution in [1.29, 1.82) is 0 Å². The molecule has 3 rings (SSSR count). The van der Waals surface area contributed by atoms with E-state index in [9.17, 15) is 0 Å². The summed E-state index contributed by atoms with van der Waals surface area (Å²) in [5.41, 5.74) is 4.59. The van der Waals surface area contributed by atoms with Crippen molar-refractivity contribution >= 4 is 0 Å². The highest BCUT2D eigenvalue weighted by molar-refractivity contribution is 5.56. The van der Waals surface area contributed by atoms with Crippen LogP contribution < -0.4 is 9.47 Å². The maximum atomic E-state index is 6.13. The molecule has 0 atom stereocenters. The molecule has 2 nitrogen and oxygen atoms in total. The highest BCUT2D eigenvalue weighted by Gasteiger charge is 2.23. The molecule has 0 fully saturated rings. The van der Waals surface area contributed by atoms with E-state index in [2.05, 4.69) is 25.3 Å². The Morgan fingerprint density at radius 3 is 1.63 bits per heavy atom. The van der Waals surface area contributed by atoms with Crippen molar-refractivity contribution in [2.45, 2.75) is 68.2 Å². The molecule has 1 aromatic rings. The van der Waals surface area contributed by atoms with Crippen molar-refractivity contribution in [3.63, 3.8) is 0 Å². The highest BCUT2D eigenvalue weighted by atomic mass is 16.5. The van der Waals surface area contributed by atoms with E-state index in [0.29, 0.717) is 0 Å². The summed E-state index contributed by atoms with van der Waals surface area (Å²) >= 11 is 0. The van der Waals surface area contributed by atoms with Crippen LogP contribution in [0.4, 0.5) is 0 Å². The summed E-state index contributed by atoms with van der Waals surface area (Å²) in [6.45, 7) is 23.7. The van der Waals surface area contributed by atoms with Crippen LogP contribution in [0.5, 0.6) is 11.5 Å². The summed E-state index contributed by atoms with van der Waals surface area (Å²) in [7, 11) is 0. The maximum Gasteiger partial charge on any atom is 0.134 e. The minimum Gasteiger partial charge on any atom is -0.457 e. The van der Waals surface area contributed by atoms with E-state index in [1.165, 1.54) is 11.1 Å². The van der Waals surface area contributed by atoms with E-state index in [0.717, 1.165) is 47.0 Å². The normalized spacial score (nSPS) is 14.0. The number of hydrogen-bond acceptors (Lipinski definition) is 2. The largest absolute Gasteiger partial charge is 0.457 e. The third-order valence-corrected chi connectivity index (χ3v) is 4.20. The first-order chi connectivity index (χ1) is 14.7. The lowest BCUT2D eigenvalue weighted by Crippen LogP contribution is -2.12. The van der Waals surface area contributed by atoms with Crippen LogP contribution in [0, 0.1) is 0 Å². The van der Waals surface area contributed by atoms with Gasteiger partial charge in [0.2, 0.25) is 0 Å². The van der Waals surface area contributed by atoms with E-state index in [-0.39, 0.29) is 0 Å². The van der Waals surface area contributed by atoms with Crippen LogP contribution >= 0.6 is 0 Å². The van der Waals surface area contributed by atoms with E-state index >= 15 is 0 Å². The lowest BCUT2D eigenvalue weighted by molar-refractivity contribution is 0.400. The van der Waals surface area contributed by atoms with Crippen molar-refractivity contribution in [1.82, 2.24) is 0 Å². The summed E-state index contributed by atoms with van der Waals surface area (Å²) in [4.78, 5) is 0. The molecule has 0 aliphatic carbocycles. The van der Waals surface area contributed by atoms with Crippen LogP contribution in [0.25, 0.3) is 0 Å². The summed E-state index contributed by atoms with van der Waals surface area (Å²) < 4.78 is 12.1. The Hall–Kier alpha value is -2.74. The fourth-order valence-electron chi connectivity index (χ4n) is 3.06. The molecule has 0 amide bonds. The van der Waals surface area contributed by atoms with E-state index in [1.807, 2.05) is 85.8 Å². The molecule has 0 saturated carbocycles. The van der Waals surface area contributed by atoms with E-state index in [4.69, 9.17) is 9.47 Å². The fourth-order valence-corrected chi connectivity index (χ4v) is 3.06. The number of hydrogen-bond donors (Lipinski definition) is 0. The number of allylic oxidation sites excluding steroid dienone is 8. The predicted octanol–water partition coefficient (Wildman–Crippen LogP) is 8.67. The van der Waals surface area contributed by atoms with Crippen molar-refractivity contribution in [2.24, 2.45) is 0 Å². The van der Waals surface area contributed by atoms with Crippen LogP contribution in [0.2, 0.25) is 0 Å². The zero-order valence-corrected chi connectivity index (χ0v) is 20.3. The molecule has 164 valence electrons. The zero-order valence-electron chi connectivity index (χ0n) is 20.3. The third-order valence-electron chi connectivity index (χ3n) is 4.20. The fraction of sp³-hybridized carbons (Fsp3) is 0.357. The van der Waals surface area contributed by atoms with Crippen LogP contribution in [0.1, 0.15) is 66.5 Å². The monoisotopic (exact) mass is 408 g/mol. The molecule has 1 aromatic carbocycles. The third kappa shape index (κ3) is 6.66. The number of benzene rings is 1. The highest BCUT2D eigenvalue weighted by Crippen LogP contribution is 2.40. The Kier molecular flexibility index (Phi) is 13.8. The van der Waals surface area contributed by atoms with Gasteiger partial charge in [0.15, 0.2) is 0 Å². The summed E-state index contributed by atoms with van der Waals surface area (Å²) in [6.07, 6.45) is 13.4. The molecule has 0 radical (unpaired) electrons. The molecule has 2 aliphatic rings. The summed E-state index contributed by atoms with van der Waals surface area (Å²) in [5, 5.41) is 0. The quantitative estimate of drug-likeness (QED) is 0.496. The molecule has 0 bridgehead atoms. The molecule has 0 spiro atoms. The van der Waals surface area contributed by atoms with E-state index < -0.39 is 0 Å². The van der Waals surface area contributed by atoms with Gasteiger partial charge in [-0.05, 0) is 54.3 Å². The van der Waals surface area contributed by atoms with Gasteiger partial charge in [-0.2, -0.15) is 0 Å². The molecule has 0 saturated heterocycles. The Balaban J connectivity index is 0.00000129. The minimum atomic E-state index is 0.770. The Bertz CT molecular complexity index is 750.